The van der Waals surface area contributed by atoms with Gasteiger partial charge in [-0.1, -0.05) is 54.6 Å². The number of esters is 1. The minimum absolute atomic E-state index is 0.0599. The maximum Gasteiger partial charge on any atom is 0.340 e. The highest BCUT2D eigenvalue weighted by atomic mass is 16.7. The Morgan fingerprint density at radius 1 is 1.15 bits per heavy atom. The number of unbranched alkanes of at least 4 members (excludes halogenated alkanes) is 1. The van der Waals surface area contributed by atoms with Gasteiger partial charge < -0.3 is 24.4 Å². The molecule has 2 rings (SSSR count). The van der Waals surface area contributed by atoms with Crippen LogP contribution in [0.5, 0.6) is 0 Å². The highest BCUT2D eigenvalue weighted by molar-refractivity contribution is 5.90. The SMILES string of the molecule is COC(CCC/C=C(\C)C1=C(C)C(=O)OC(C)(C)O1)/C(C)=C/C=C/C(O)C(O)c1ccccc1. The number of cyclic esters (lactones) is 1. The monoisotopic (exact) mass is 470 g/mol. The summed E-state index contributed by atoms with van der Waals surface area (Å²) in [7, 11) is 1.68. The molecule has 0 aromatic heterocycles. The average Bonchev–Trinajstić information content (AvgIpc) is 2.80. The van der Waals surface area contributed by atoms with E-state index in [1.54, 1.807) is 52.2 Å². The van der Waals surface area contributed by atoms with Crippen molar-refractivity contribution in [3.05, 3.63) is 82.7 Å². The number of hydrogen-bond acceptors (Lipinski definition) is 6. The molecule has 6 heteroatoms. The molecule has 1 aromatic carbocycles. The van der Waals surface area contributed by atoms with E-state index in [0.29, 0.717) is 16.9 Å². The van der Waals surface area contributed by atoms with Crippen molar-refractivity contribution < 1.29 is 29.2 Å². The van der Waals surface area contributed by atoms with Crippen LogP contribution in [-0.2, 0) is 19.0 Å². The van der Waals surface area contributed by atoms with Crippen molar-refractivity contribution in [1.82, 2.24) is 0 Å². The molecule has 3 atom stereocenters. The van der Waals surface area contributed by atoms with Gasteiger partial charge in [-0.3, -0.25) is 0 Å². The summed E-state index contributed by atoms with van der Waals surface area (Å²) in [6, 6.07) is 9.09. The van der Waals surface area contributed by atoms with E-state index in [4.69, 9.17) is 14.2 Å². The van der Waals surface area contributed by atoms with Crippen LogP contribution in [-0.4, -0.2) is 41.3 Å². The standard InChI is InChI=1S/C28H38O6/c1-19(14-12-17-23(29)25(30)22-15-8-7-9-16-22)24(32-6)18-11-10-13-20(2)26-21(3)27(31)34-28(4,5)33-26/h7-9,12-17,23-25,29-30H,10-11,18H2,1-6H3/b17-12+,19-14+,20-13+. The summed E-state index contributed by atoms with van der Waals surface area (Å²) in [5.74, 6) is -0.738. The molecule has 34 heavy (non-hydrogen) atoms. The van der Waals surface area contributed by atoms with E-state index >= 15 is 0 Å². The van der Waals surface area contributed by atoms with Crippen LogP contribution in [0.15, 0.2) is 77.1 Å². The largest absolute Gasteiger partial charge is 0.452 e. The average molecular weight is 471 g/mol. The number of methoxy groups -OCH3 is 1. The molecule has 1 aromatic rings. The van der Waals surface area contributed by atoms with E-state index < -0.39 is 18.0 Å². The lowest BCUT2D eigenvalue weighted by atomic mass is 10.0. The summed E-state index contributed by atoms with van der Waals surface area (Å²) < 4.78 is 16.7. The number of aliphatic hydroxyl groups is 2. The summed E-state index contributed by atoms with van der Waals surface area (Å²) >= 11 is 0. The number of carbonyl (C=O) groups is 1. The van der Waals surface area contributed by atoms with Gasteiger partial charge in [-0.05, 0) is 56.7 Å². The Morgan fingerprint density at radius 2 is 1.82 bits per heavy atom. The first-order chi connectivity index (χ1) is 16.1. The van der Waals surface area contributed by atoms with Gasteiger partial charge in [0.15, 0.2) is 0 Å². The van der Waals surface area contributed by atoms with Crippen LogP contribution in [0.1, 0.15) is 65.5 Å². The molecular formula is C28H38O6. The van der Waals surface area contributed by atoms with Crippen LogP contribution in [0.25, 0.3) is 0 Å². The Morgan fingerprint density at radius 3 is 2.47 bits per heavy atom. The normalized spacial score (nSPS) is 19.6. The fraction of sp³-hybridized carbons (Fsp3) is 0.464. The fourth-order valence-electron chi connectivity index (χ4n) is 3.74. The number of hydrogen-bond donors (Lipinski definition) is 2. The molecule has 6 nitrogen and oxygen atoms in total. The highest BCUT2D eigenvalue weighted by Gasteiger charge is 2.34. The summed E-state index contributed by atoms with van der Waals surface area (Å²) in [6.07, 6.45) is 7.78. The zero-order valence-corrected chi connectivity index (χ0v) is 21.1. The second-order valence-electron chi connectivity index (χ2n) is 9.03. The third-order valence-electron chi connectivity index (χ3n) is 5.74. The first-order valence-corrected chi connectivity index (χ1v) is 11.6. The topological polar surface area (TPSA) is 85.2 Å². The summed E-state index contributed by atoms with van der Waals surface area (Å²) in [5.41, 5.74) is 3.09. The molecule has 1 aliphatic rings. The number of allylic oxidation sites excluding steroid dienone is 4. The van der Waals surface area contributed by atoms with E-state index in [9.17, 15) is 15.0 Å². The Balaban J connectivity index is 1.89. The van der Waals surface area contributed by atoms with Gasteiger partial charge in [-0.15, -0.1) is 0 Å². The predicted molar refractivity (Wildman–Crippen MR) is 133 cm³/mol. The van der Waals surface area contributed by atoms with Gasteiger partial charge in [0.25, 0.3) is 0 Å². The molecule has 0 bridgehead atoms. The highest BCUT2D eigenvalue weighted by Crippen LogP contribution is 2.30. The van der Waals surface area contributed by atoms with E-state index in [1.165, 1.54) is 0 Å². The van der Waals surface area contributed by atoms with E-state index in [1.807, 2.05) is 38.1 Å². The molecule has 0 radical (unpaired) electrons. The first kappa shape index (κ1) is 27.6. The number of aliphatic hydroxyl groups excluding tert-OH is 2. The lowest BCUT2D eigenvalue weighted by Gasteiger charge is -2.33. The van der Waals surface area contributed by atoms with Crippen LogP contribution < -0.4 is 0 Å². The van der Waals surface area contributed by atoms with Gasteiger partial charge >= 0.3 is 5.97 Å². The van der Waals surface area contributed by atoms with Gasteiger partial charge in [0.05, 0.1) is 11.7 Å². The molecule has 3 unspecified atom stereocenters. The van der Waals surface area contributed by atoms with Gasteiger partial charge in [0, 0.05) is 21.0 Å². The van der Waals surface area contributed by atoms with Crippen LogP contribution >= 0.6 is 0 Å². The molecule has 186 valence electrons. The summed E-state index contributed by atoms with van der Waals surface area (Å²) in [5, 5.41) is 20.5. The van der Waals surface area contributed by atoms with Crippen molar-refractivity contribution in [2.75, 3.05) is 7.11 Å². The molecule has 0 spiro atoms. The minimum atomic E-state index is -0.998. The Hall–Kier alpha value is -2.67. The van der Waals surface area contributed by atoms with Gasteiger partial charge in [-0.25, -0.2) is 4.79 Å². The second-order valence-corrected chi connectivity index (χ2v) is 9.03. The maximum atomic E-state index is 12.1. The van der Waals surface area contributed by atoms with Gasteiger partial charge in [-0.2, -0.15) is 0 Å². The molecule has 0 saturated carbocycles. The molecule has 0 fully saturated rings. The van der Waals surface area contributed by atoms with Gasteiger partial charge in [0.1, 0.15) is 18.0 Å². The number of carbonyl (C=O) groups excluding carboxylic acids is 1. The zero-order valence-electron chi connectivity index (χ0n) is 21.1. The summed E-state index contributed by atoms with van der Waals surface area (Å²) in [4.78, 5) is 12.1. The van der Waals surface area contributed by atoms with Crippen molar-refractivity contribution >= 4 is 5.97 Å². The van der Waals surface area contributed by atoms with Crippen molar-refractivity contribution in [3.63, 3.8) is 0 Å². The van der Waals surface area contributed by atoms with Crippen molar-refractivity contribution in [3.8, 4) is 0 Å². The van der Waals surface area contributed by atoms with Crippen LogP contribution in [0.2, 0.25) is 0 Å². The zero-order chi connectivity index (χ0) is 25.3. The molecule has 0 aliphatic carbocycles. The predicted octanol–water partition coefficient (Wildman–Crippen LogP) is 5.30. The lowest BCUT2D eigenvalue weighted by Crippen LogP contribution is -2.36. The first-order valence-electron chi connectivity index (χ1n) is 11.6. The smallest absolute Gasteiger partial charge is 0.340 e. The fourth-order valence-corrected chi connectivity index (χ4v) is 3.74. The maximum absolute atomic E-state index is 12.1. The van der Waals surface area contributed by atoms with Crippen molar-refractivity contribution in [1.29, 1.82) is 0 Å². The van der Waals surface area contributed by atoms with E-state index in [2.05, 4.69) is 6.08 Å². The van der Waals surface area contributed by atoms with Crippen LogP contribution in [0, 0.1) is 0 Å². The second kappa shape index (κ2) is 12.7. The van der Waals surface area contributed by atoms with E-state index in [-0.39, 0.29) is 12.1 Å². The molecule has 0 saturated heterocycles. The molecule has 1 aliphatic heterocycles. The molecule has 1 heterocycles. The third kappa shape index (κ3) is 7.97. The summed E-state index contributed by atoms with van der Waals surface area (Å²) in [6.45, 7) is 9.07. The van der Waals surface area contributed by atoms with E-state index in [0.717, 1.165) is 30.4 Å². The Kier molecular flexibility index (Phi) is 10.3. The Bertz CT molecular complexity index is 939. The van der Waals surface area contributed by atoms with Crippen molar-refractivity contribution in [2.45, 2.75) is 78.0 Å². The van der Waals surface area contributed by atoms with Crippen LogP contribution in [0.4, 0.5) is 0 Å². The lowest BCUT2D eigenvalue weighted by molar-refractivity contribution is -0.206. The quantitative estimate of drug-likeness (QED) is 0.259. The Labute approximate surface area is 203 Å². The number of rotatable bonds is 11. The molecule has 2 N–H and O–H groups in total. The van der Waals surface area contributed by atoms with Crippen molar-refractivity contribution in [2.24, 2.45) is 0 Å². The third-order valence-corrected chi connectivity index (χ3v) is 5.74. The van der Waals surface area contributed by atoms with Gasteiger partial charge in [0.2, 0.25) is 5.79 Å². The number of benzene rings is 1. The molecule has 0 amide bonds. The number of ether oxygens (including phenoxy) is 3. The molecular weight excluding hydrogens is 432 g/mol. The minimum Gasteiger partial charge on any atom is -0.452 e. The van der Waals surface area contributed by atoms with Crippen LogP contribution in [0.3, 0.4) is 0 Å².